The van der Waals surface area contributed by atoms with Crippen molar-refractivity contribution < 1.29 is 13.2 Å². The van der Waals surface area contributed by atoms with Gasteiger partial charge in [0.05, 0.1) is 6.26 Å². The van der Waals surface area contributed by atoms with Crippen molar-refractivity contribution in [1.82, 2.24) is 0 Å². The third kappa shape index (κ3) is 2.64. The van der Waals surface area contributed by atoms with Crippen LogP contribution in [0.1, 0.15) is 28.6 Å². The number of furan rings is 1. The molecule has 0 fully saturated rings. The molecule has 1 aromatic carbocycles. The topological polar surface area (TPSA) is 13.1 Å². The van der Waals surface area contributed by atoms with Crippen molar-refractivity contribution >= 4 is 15.9 Å². The lowest BCUT2D eigenvalue weighted by Crippen LogP contribution is -2.02. The molecule has 1 nitrogen and oxygen atoms in total. The first-order valence-electron chi connectivity index (χ1n) is 5.76. The van der Waals surface area contributed by atoms with Gasteiger partial charge in [-0.15, -0.1) is 0 Å². The predicted molar refractivity (Wildman–Crippen MR) is 69.8 cm³/mol. The van der Waals surface area contributed by atoms with E-state index in [2.05, 4.69) is 15.9 Å². The van der Waals surface area contributed by atoms with E-state index in [9.17, 15) is 8.78 Å². The molecule has 2 aromatic rings. The van der Waals surface area contributed by atoms with Crippen LogP contribution in [0.15, 0.2) is 34.9 Å². The Balaban J connectivity index is 2.24. The molecule has 0 aliphatic heterocycles. The summed E-state index contributed by atoms with van der Waals surface area (Å²) in [4.78, 5) is -0.155. The molecular formula is C14H13BrF2O. The minimum absolute atomic E-state index is 0.0997. The number of benzene rings is 1. The van der Waals surface area contributed by atoms with Crippen LogP contribution < -0.4 is 0 Å². The molecule has 18 heavy (non-hydrogen) atoms. The van der Waals surface area contributed by atoms with E-state index in [1.165, 1.54) is 18.2 Å². The molecule has 0 amide bonds. The van der Waals surface area contributed by atoms with E-state index in [0.29, 0.717) is 0 Å². The number of alkyl halides is 1. The molecule has 2 rings (SSSR count). The third-order valence-corrected chi connectivity index (χ3v) is 3.70. The van der Waals surface area contributed by atoms with Gasteiger partial charge in [0.1, 0.15) is 17.4 Å². The Morgan fingerprint density at radius 3 is 2.50 bits per heavy atom. The minimum atomic E-state index is -0.513. The number of hydrogen-bond donors (Lipinski definition) is 0. The molecule has 0 spiro atoms. The first-order valence-corrected chi connectivity index (χ1v) is 6.68. The van der Waals surface area contributed by atoms with E-state index in [1.54, 1.807) is 6.26 Å². The first kappa shape index (κ1) is 13.3. The van der Waals surface area contributed by atoms with Crippen molar-refractivity contribution in [3.05, 3.63) is 59.1 Å². The first-order chi connectivity index (χ1) is 8.63. The maximum absolute atomic E-state index is 13.6. The van der Waals surface area contributed by atoms with E-state index >= 15 is 0 Å². The summed E-state index contributed by atoms with van der Waals surface area (Å²) in [5.74, 6) is -0.185. The maximum atomic E-state index is 13.6. The summed E-state index contributed by atoms with van der Waals surface area (Å²) in [7, 11) is 0. The molecule has 0 N–H and O–H groups in total. The monoisotopic (exact) mass is 314 g/mol. The molecular weight excluding hydrogens is 302 g/mol. The standard InChI is InChI=1S/C14H13BrF2O/c1-2-14-9(6-7-18-14)11(15)8-10-12(16)4-3-5-13(10)17/h3-7,11H,2,8H2,1H3. The molecule has 0 aliphatic rings. The van der Waals surface area contributed by atoms with E-state index in [1.807, 2.05) is 13.0 Å². The SMILES string of the molecule is CCc1occc1C(Br)Cc1c(F)cccc1F. The van der Waals surface area contributed by atoms with Gasteiger partial charge in [-0.25, -0.2) is 8.78 Å². The number of halogens is 3. The van der Waals surface area contributed by atoms with Crippen molar-refractivity contribution in [3.63, 3.8) is 0 Å². The number of aryl methyl sites for hydroxylation is 1. The lowest BCUT2D eigenvalue weighted by molar-refractivity contribution is 0.509. The molecule has 0 saturated heterocycles. The molecule has 0 saturated carbocycles. The van der Waals surface area contributed by atoms with Gasteiger partial charge in [-0.05, 0) is 24.6 Å². The fourth-order valence-electron chi connectivity index (χ4n) is 1.93. The van der Waals surface area contributed by atoms with Crippen molar-refractivity contribution in [1.29, 1.82) is 0 Å². The number of hydrogen-bond acceptors (Lipinski definition) is 1. The second kappa shape index (κ2) is 5.65. The molecule has 1 heterocycles. The molecule has 4 heteroatoms. The zero-order valence-corrected chi connectivity index (χ0v) is 11.5. The number of rotatable bonds is 4. The second-order valence-corrected chi connectivity index (χ2v) is 5.13. The minimum Gasteiger partial charge on any atom is -0.469 e. The molecule has 0 radical (unpaired) electrons. The normalized spacial score (nSPS) is 12.7. The van der Waals surface area contributed by atoms with Crippen molar-refractivity contribution in [2.75, 3.05) is 0 Å². The highest BCUT2D eigenvalue weighted by Crippen LogP contribution is 2.32. The van der Waals surface area contributed by atoms with Gasteiger partial charge in [0.15, 0.2) is 0 Å². The van der Waals surface area contributed by atoms with Gasteiger partial charge >= 0.3 is 0 Å². The largest absolute Gasteiger partial charge is 0.469 e. The average Bonchev–Trinajstić information content (AvgIpc) is 2.82. The lowest BCUT2D eigenvalue weighted by atomic mass is 10.0. The smallest absolute Gasteiger partial charge is 0.129 e. The predicted octanol–water partition coefficient (Wildman–Crippen LogP) is 4.80. The maximum Gasteiger partial charge on any atom is 0.129 e. The van der Waals surface area contributed by atoms with Crippen LogP contribution in [-0.2, 0) is 12.8 Å². The van der Waals surface area contributed by atoms with Gasteiger partial charge in [0.25, 0.3) is 0 Å². The summed E-state index contributed by atoms with van der Waals surface area (Å²) in [5, 5.41) is 0. The molecule has 0 aliphatic carbocycles. The van der Waals surface area contributed by atoms with Gasteiger partial charge in [-0.1, -0.05) is 28.9 Å². The highest BCUT2D eigenvalue weighted by molar-refractivity contribution is 9.09. The van der Waals surface area contributed by atoms with Crippen LogP contribution in [0.4, 0.5) is 8.78 Å². The van der Waals surface area contributed by atoms with Crippen LogP contribution in [0.2, 0.25) is 0 Å². The summed E-state index contributed by atoms with van der Waals surface area (Å²) in [6, 6.07) is 5.74. The second-order valence-electron chi connectivity index (χ2n) is 4.02. The van der Waals surface area contributed by atoms with E-state index in [4.69, 9.17) is 4.42 Å². The van der Waals surface area contributed by atoms with Crippen molar-refractivity contribution in [2.24, 2.45) is 0 Å². The summed E-state index contributed by atoms with van der Waals surface area (Å²) in [5.41, 5.74) is 1.04. The van der Waals surface area contributed by atoms with Crippen molar-refractivity contribution in [3.8, 4) is 0 Å². The van der Waals surface area contributed by atoms with Crippen LogP contribution in [0.25, 0.3) is 0 Å². The lowest BCUT2D eigenvalue weighted by Gasteiger charge is -2.11. The van der Waals surface area contributed by atoms with E-state index < -0.39 is 11.6 Å². The van der Waals surface area contributed by atoms with Crippen LogP contribution in [0.5, 0.6) is 0 Å². The van der Waals surface area contributed by atoms with Crippen molar-refractivity contribution in [2.45, 2.75) is 24.6 Å². The Labute approximate surface area is 113 Å². The van der Waals surface area contributed by atoms with Gasteiger partial charge in [0.2, 0.25) is 0 Å². The summed E-state index contributed by atoms with van der Waals surface area (Å²) in [6.07, 6.45) is 2.61. The summed E-state index contributed by atoms with van der Waals surface area (Å²) in [6.45, 7) is 1.98. The zero-order chi connectivity index (χ0) is 13.1. The van der Waals surface area contributed by atoms with Gasteiger partial charge in [0, 0.05) is 22.4 Å². The van der Waals surface area contributed by atoms with Crippen LogP contribution in [-0.4, -0.2) is 0 Å². The fraction of sp³-hybridized carbons (Fsp3) is 0.286. The highest BCUT2D eigenvalue weighted by atomic mass is 79.9. The molecule has 1 atom stereocenters. The van der Waals surface area contributed by atoms with Gasteiger partial charge < -0.3 is 4.42 Å². The Bertz CT molecular complexity index is 516. The van der Waals surface area contributed by atoms with Crippen LogP contribution >= 0.6 is 15.9 Å². The van der Waals surface area contributed by atoms with Gasteiger partial charge in [-0.3, -0.25) is 0 Å². The Kier molecular flexibility index (Phi) is 4.17. The molecule has 1 unspecified atom stereocenters. The molecule has 0 bridgehead atoms. The fourth-order valence-corrected chi connectivity index (χ4v) is 2.67. The highest BCUT2D eigenvalue weighted by Gasteiger charge is 2.18. The quantitative estimate of drug-likeness (QED) is 0.739. The van der Waals surface area contributed by atoms with Gasteiger partial charge in [-0.2, -0.15) is 0 Å². The molecule has 96 valence electrons. The van der Waals surface area contributed by atoms with E-state index in [0.717, 1.165) is 17.7 Å². The molecule has 1 aromatic heterocycles. The Hall–Kier alpha value is -1.16. The van der Waals surface area contributed by atoms with Crippen LogP contribution in [0, 0.1) is 11.6 Å². The Morgan fingerprint density at radius 1 is 1.22 bits per heavy atom. The Morgan fingerprint density at radius 2 is 1.89 bits per heavy atom. The van der Waals surface area contributed by atoms with E-state index in [-0.39, 0.29) is 16.8 Å². The summed E-state index contributed by atoms with van der Waals surface area (Å²) >= 11 is 3.47. The van der Waals surface area contributed by atoms with Crippen LogP contribution in [0.3, 0.4) is 0 Å². The third-order valence-electron chi connectivity index (χ3n) is 2.88. The zero-order valence-electron chi connectivity index (χ0n) is 9.92. The summed E-state index contributed by atoms with van der Waals surface area (Å²) < 4.78 is 32.4. The average molecular weight is 315 g/mol.